The Labute approximate surface area is 126 Å². The highest BCUT2D eigenvalue weighted by Crippen LogP contribution is 2.28. The van der Waals surface area contributed by atoms with Gasteiger partial charge in [0.25, 0.3) is 0 Å². The number of aromatic nitrogens is 1. The van der Waals surface area contributed by atoms with Crippen LogP contribution < -0.4 is 5.32 Å². The van der Waals surface area contributed by atoms with E-state index in [2.05, 4.69) is 10.3 Å². The second-order valence-corrected chi connectivity index (χ2v) is 7.10. The summed E-state index contributed by atoms with van der Waals surface area (Å²) in [4.78, 5) is 16.2. The zero-order valence-corrected chi connectivity index (χ0v) is 13.1. The monoisotopic (exact) mass is 310 g/mol. The van der Waals surface area contributed by atoms with E-state index in [1.807, 2.05) is 38.1 Å². The van der Waals surface area contributed by atoms with Crippen LogP contribution in [0.25, 0.3) is 10.2 Å². The molecular formula is C14H18N2O2S2. The highest BCUT2D eigenvalue weighted by Gasteiger charge is 2.11. The predicted molar refractivity (Wildman–Crippen MR) is 84.2 cm³/mol. The lowest BCUT2D eigenvalue weighted by molar-refractivity contribution is -0.119. The maximum atomic E-state index is 11.7. The van der Waals surface area contributed by atoms with Gasteiger partial charge in [-0.1, -0.05) is 37.7 Å². The van der Waals surface area contributed by atoms with Crippen molar-refractivity contribution in [2.45, 2.75) is 24.3 Å². The number of hydrogen-bond acceptors (Lipinski definition) is 5. The molecule has 0 bridgehead atoms. The van der Waals surface area contributed by atoms with Gasteiger partial charge in [-0.05, 0) is 18.1 Å². The normalized spacial score (nSPS) is 12.8. The molecule has 6 heteroatoms. The molecule has 20 heavy (non-hydrogen) atoms. The third-order valence-corrected chi connectivity index (χ3v) is 5.06. The summed E-state index contributed by atoms with van der Waals surface area (Å²) in [7, 11) is 0. The highest BCUT2D eigenvalue weighted by atomic mass is 32.2. The zero-order chi connectivity index (χ0) is 14.5. The Morgan fingerprint density at radius 1 is 1.45 bits per heavy atom. The van der Waals surface area contributed by atoms with Crippen molar-refractivity contribution in [3.05, 3.63) is 24.3 Å². The summed E-state index contributed by atoms with van der Waals surface area (Å²) in [6.45, 7) is 4.15. The lowest BCUT2D eigenvalue weighted by atomic mass is 10.1. The van der Waals surface area contributed by atoms with Crippen LogP contribution in [0.15, 0.2) is 28.6 Å². The molecule has 0 saturated heterocycles. The van der Waals surface area contributed by atoms with Crippen LogP contribution >= 0.6 is 23.1 Å². The molecule has 2 aromatic rings. The van der Waals surface area contributed by atoms with Gasteiger partial charge in [-0.25, -0.2) is 4.98 Å². The van der Waals surface area contributed by atoms with Gasteiger partial charge in [-0.2, -0.15) is 0 Å². The number of aliphatic hydroxyl groups is 1. The molecule has 0 fully saturated rings. The van der Waals surface area contributed by atoms with E-state index in [0.29, 0.717) is 12.3 Å². The fraction of sp³-hybridized carbons (Fsp3) is 0.429. The molecule has 0 aliphatic carbocycles. The first kappa shape index (κ1) is 15.3. The van der Waals surface area contributed by atoms with Gasteiger partial charge in [0.15, 0.2) is 4.34 Å². The van der Waals surface area contributed by atoms with Crippen molar-refractivity contribution < 1.29 is 9.90 Å². The van der Waals surface area contributed by atoms with E-state index in [1.54, 1.807) is 11.3 Å². The molecule has 4 nitrogen and oxygen atoms in total. The number of aliphatic hydroxyl groups excluding tert-OH is 1. The minimum absolute atomic E-state index is 0.0750. The molecule has 0 aliphatic heterocycles. The Bertz CT molecular complexity index is 550. The summed E-state index contributed by atoms with van der Waals surface area (Å²) in [5, 5.41) is 12.4. The van der Waals surface area contributed by atoms with Gasteiger partial charge >= 0.3 is 0 Å². The van der Waals surface area contributed by atoms with Crippen molar-refractivity contribution in [2.75, 3.05) is 12.3 Å². The number of thioether (sulfide) groups is 1. The topological polar surface area (TPSA) is 62.2 Å². The highest BCUT2D eigenvalue weighted by molar-refractivity contribution is 8.01. The first-order chi connectivity index (χ1) is 9.56. The first-order valence-electron chi connectivity index (χ1n) is 6.49. The van der Waals surface area contributed by atoms with Crippen LogP contribution in [0.1, 0.15) is 13.8 Å². The van der Waals surface area contributed by atoms with Crippen molar-refractivity contribution in [3.8, 4) is 0 Å². The van der Waals surface area contributed by atoms with E-state index in [1.165, 1.54) is 11.8 Å². The van der Waals surface area contributed by atoms with Crippen molar-refractivity contribution in [1.82, 2.24) is 10.3 Å². The smallest absolute Gasteiger partial charge is 0.230 e. The Morgan fingerprint density at radius 2 is 2.20 bits per heavy atom. The molecule has 1 amide bonds. The number of thiazole rings is 1. The molecule has 0 saturated carbocycles. The molecule has 2 rings (SSSR count). The first-order valence-corrected chi connectivity index (χ1v) is 8.29. The van der Waals surface area contributed by atoms with Crippen LogP contribution in [0.3, 0.4) is 0 Å². The van der Waals surface area contributed by atoms with E-state index in [-0.39, 0.29) is 11.8 Å². The summed E-state index contributed by atoms with van der Waals surface area (Å²) in [5.41, 5.74) is 0.968. The van der Waals surface area contributed by atoms with E-state index in [4.69, 9.17) is 0 Å². The number of amides is 1. The number of nitrogens with one attached hydrogen (secondary N) is 1. The number of fused-ring (bicyclic) bond motifs is 1. The average Bonchev–Trinajstić information content (AvgIpc) is 2.85. The quantitative estimate of drug-likeness (QED) is 0.805. The van der Waals surface area contributed by atoms with E-state index < -0.39 is 6.10 Å². The maximum absolute atomic E-state index is 11.7. The molecule has 108 valence electrons. The minimum Gasteiger partial charge on any atom is -0.391 e. The molecular weight excluding hydrogens is 292 g/mol. The van der Waals surface area contributed by atoms with Crippen LogP contribution in [0.2, 0.25) is 0 Å². The largest absolute Gasteiger partial charge is 0.391 e. The zero-order valence-electron chi connectivity index (χ0n) is 11.5. The van der Waals surface area contributed by atoms with Crippen molar-refractivity contribution in [3.63, 3.8) is 0 Å². The van der Waals surface area contributed by atoms with Gasteiger partial charge in [0.05, 0.1) is 22.1 Å². The Balaban J connectivity index is 1.81. The third kappa shape index (κ3) is 4.19. The number of para-hydroxylation sites is 1. The average molecular weight is 310 g/mol. The van der Waals surface area contributed by atoms with Gasteiger partial charge in [0.1, 0.15) is 0 Å². The van der Waals surface area contributed by atoms with Crippen LogP contribution in [0.5, 0.6) is 0 Å². The summed E-state index contributed by atoms with van der Waals surface area (Å²) < 4.78 is 2.02. The van der Waals surface area contributed by atoms with Gasteiger partial charge in [0.2, 0.25) is 5.91 Å². The van der Waals surface area contributed by atoms with Crippen LogP contribution in [-0.4, -0.2) is 34.4 Å². The summed E-state index contributed by atoms with van der Waals surface area (Å²) >= 11 is 3.02. The minimum atomic E-state index is -0.494. The maximum Gasteiger partial charge on any atom is 0.230 e. The Morgan fingerprint density at radius 3 is 2.90 bits per heavy atom. The number of rotatable bonds is 6. The lowest BCUT2D eigenvalue weighted by Gasteiger charge is -2.14. The summed E-state index contributed by atoms with van der Waals surface area (Å²) in [5.74, 6) is 0.395. The fourth-order valence-electron chi connectivity index (χ4n) is 1.55. The second-order valence-electron chi connectivity index (χ2n) is 4.85. The second kappa shape index (κ2) is 7.06. The third-order valence-electron chi connectivity index (χ3n) is 2.88. The summed E-state index contributed by atoms with van der Waals surface area (Å²) in [6, 6.07) is 7.93. The van der Waals surface area contributed by atoms with E-state index >= 15 is 0 Å². The molecule has 2 N–H and O–H groups in total. The number of hydrogen-bond donors (Lipinski definition) is 2. The molecule has 1 aromatic carbocycles. The van der Waals surface area contributed by atoms with Crippen molar-refractivity contribution in [2.24, 2.45) is 5.92 Å². The molecule has 0 radical (unpaired) electrons. The molecule has 0 aliphatic rings. The van der Waals surface area contributed by atoms with E-state index in [0.717, 1.165) is 14.6 Å². The molecule has 1 atom stereocenters. The number of carbonyl (C=O) groups excluding carboxylic acids is 1. The van der Waals surface area contributed by atoms with Gasteiger partial charge in [-0.3, -0.25) is 4.79 Å². The van der Waals surface area contributed by atoms with Crippen LogP contribution in [0, 0.1) is 5.92 Å². The van der Waals surface area contributed by atoms with Crippen LogP contribution in [-0.2, 0) is 4.79 Å². The Kier molecular flexibility index (Phi) is 5.39. The number of benzene rings is 1. The lowest BCUT2D eigenvalue weighted by Crippen LogP contribution is -2.35. The number of carbonyl (C=O) groups is 1. The fourth-order valence-corrected chi connectivity index (χ4v) is 3.44. The predicted octanol–water partition coefficient (Wildman–Crippen LogP) is 2.52. The molecule has 1 unspecified atom stereocenters. The van der Waals surface area contributed by atoms with Gasteiger partial charge in [0, 0.05) is 6.54 Å². The molecule has 1 aromatic heterocycles. The Hall–Kier alpha value is -1.11. The molecule has 0 spiro atoms. The van der Waals surface area contributed by atoms with Crippen molar-refractivity contribution in [1.29, 1.82) is 0 Å². The number of nitrogens with zero attached hydrogens (tertiary/aromatic N) is 1. The van der Waals surface area contributed by atoms with Gasteiger partial charge in [-0.15, -0.1) is 11.3 Å². The van der Waals surface area contributed by atoms with Crippen molar-refractivity contribution >= 4 is 39.2 Å². The molecule has 1 heterocycles. The standard InChI is InChI=1S/C14H18N2O2S2/c1-9(2)11(17)7-15-13(18)8-19-14-16-10-5-3-4-6-12(10)20-14/h3-6,9,11,17H,7-8H2,1-2H3,(H,15,18). The SMILES string of the molecule is CC(C)C(O)CNC(=O)CSc1nc2ccccc2s1. The summed E-state index contributed by atoms with van der Waals surface area (Å²) in [6.07, 6.45) is -0.494. The van der Waals surface area contributed by atoms with Crippen LogP contribution in [0.4, 0.5) is 0 Å². The van der Waals surface area contributed by atoms with E-state index in [9.17, 15) is 9.90 Å². The van der Waals surface area contributed by atoms with Gasteiger partial charge < -0.3 is 10.4 Å².